The van der Waals surface area contributed by atoms with Crippen molar-refractivity contribution in [1.29, 1.82) is 0 Å². The Bertz CT molecular complexity index is 394. The molecule has 1 saturated heterocycles. The average Bonchev–Trinajstić information content (AvgIpc) is 2.64. The fraction of sp³-hybridized carbons (Fsp3) is 0.636. The van der Waals surface area contributed by atoms with Gasteiger partial charge in [-0.15, -0.1) is 0 Å². The van der Waals surface area contributed by atoms with Crippen molar-refractivity contribution < 1.29 is 9.34 Å². The van der Waals surface area contributed by atoms with Crippen LogP contribution in [0.2, 0.25) is 0 Å². The fourth-order valence-electron chi connectivity index (χ4n) is 2.41. The van der Waals surface area contributed by atoms with Gasteiger partial charge in [-0.1, -0.05) is 6.92 Å². The van der Waals surface area contributed by atoms with Crippen molar-refractivity contribution in [3.63, 3.8) is 0 Å². The molecule has 6 nitrogen and oxygen atoms in total. The van der Waals surface area contributed by atoms with Gasteiger partial charge in [0, 0.05) is 19.1 Å². The van der Waals surface area contributed by atoms with Crippen LogP contribution in [-0.2, 0) is 6.54 Å². The van der Waals surface area contributed by atoms with Gasteiger partial charge in [0.1, 0.15) is 10.7 Å². The highest BCUT2D eigenvalue weighted by Gasteiger charge is 2.23. The Morgan fingerprint density at radius 2 is 2.35 bits per heavy atom. The Balaban J connectivity index is 1.97. The van der Waals surface area contributed by atoms with Crippen molar-refractivity contribution in [3.05, 3.63) is 28.0 Å². The number of likely N-dealkylation sites (tertiary alicyclic amines) is 1. The Hall–Kier alpha value is -1.40. The summed E-state index contributed by atoms with van der Waals surface area (Å²) in [6.45, 7) is 4.53. The lowest BCUT2D eigenvalue weighted by molar-refractivity contribution is -0.402. The van der Waals surface area contributed by atoms with Crippen molar-refractivity contribution in [2.45, 2.75) is 25.9 Å². The molecule has 0 aliphatic carbocycles. The third kappa shape index (κ3) is 3.04. The quantitative estimate of drug-likeness (QED) is 0.635. The lowest BCUT2D eigenvalue weighted by atomic mass is 9.96. The van der Waals surface area contributed by atoms with Gasteiger partial charge in [-0.3, -0.25) is 15.0 Å². The van der Waals surface area contributed by atoms with E-state index in [1.165, 1.54) is 6.07 Å². The normalized spacial score (nSPS) is 26.0. The number of hydrogen-bond donors (Lipinski definition) is 1. The summed E-state index contributed by atoms with van der Waals surface area (Å²) in [6, 6.07) is 3.23. The number of nitrogens with two attached hydrogens (primary N) is 1. The van der Waals surface area contributed by atoms with E-state index < -0.39 is 4.92 Å². The van der Waals surface area contributed by atoms with Crippen molar-refractivity contribution >= 4 is 5.88 Å². The van der Waals surface area contributed by atoms with E-state index in [-0.39, 0.29) is 11.9 Å². The standard InChI is InChI=1S/C11H17N3O3/c1-8-4-9(12)6-13(5-8)7-10-2-3-11(17-10)14(15)16/h2-3,8-9H,4-7,12H2,1H3. The Labute approximate surface area is 99.5 Å². The maximum absolute atomic E-state index is 10.5. The first kappa shape index (κ1) is 12.1. The van der Waals surface area contributed by atoms with E-state index in [4.69, 9.17) is 10.2 Å². The second-order valence-corrected chi connectivity index (χ2v) is 4.79. The van der Waals surface area contributed by atoms with Crippen molar-refractivity contribution in [2.24, 2.45) is 11.7 Å². The molecule has 1 fully saturated rings. The Kier molecular flexibility index (Phi) is 3.44. The predicted molar refractivity (Wildman–Crippen MR) is 62.4 cm³/mol. The highest BCUT2D eigenvalue weighted by atomic mass is 16.6. The van der Waals surface area contributed by atoms with Gasteiger partial charge in [-0.25, -0.2) is 0 Å². The number of nitro groups is 1. The van der Waals surface area contributed by atoms with Crippen LogP contribution in [0.1, 0.15) is 19.1 Å². The molecule has 0 saturated carbocycles. The van der Waals surface area contributed by atoms with E-state index in [9.17, 15) is 10.1 Å². The van der Waals surface area contributed by atoms with Crippen LogP contribution >= 0.6 is 0 Å². The number of nitrogens with zero attached hydrogens (tertiary/aromatic N) is 2. The van der Waals surface area contributed by atoms with Crippen LogP contribution < -0.4 is 5.73 Å². The number of piperidine rings is 1. The van der Waals surface area contributed by atoms with Crippen molar-refractivity contribution in [3.8, 4) is 0 Å². The third-order valence-corrected chi connectivity index (χ3v) is 2.97. The van der Waals surface area contributed by atoms with Crippen LogP contribution in [-0.4, -0.2) is 29.0 Å². The summed E-state index contributed by atoms with van der Waals surface area (Å²) in [6.07, 6.45) is 1.04. The van der Waals surface area contributed by atoms with Crippen LogP contribution in [0.5, 0.6) is 0 Å². The molecule has 0 amide bonds. The lowest BCUT2D eigenvalue weighted by Gasteiger charge is -2.34. The monoisotopic (exact) mass is 239 g/mol. The van der Waals surface area contributed by atoms with E-state index in [0.29, 0.717) is 18.2 Å². The van der Waals surface area contributed by atoms with Crippen molar-refractivity contribution in [2.75, 3.05) is 13.1 Å². The third-order valence-electron chi connectivity index (χ3n) is 2.97. The van der Waals surface area contributed by atoms with Gasteiger partial charge in [-0.05, 0) is 18.4 Å². The number of furan rings is 1. The Morgan fingerprint density at radius 3 is 2.94 bits per heavy atom. The van der Waals surface area contributed by atoms with Gasteiger partial charge in [0.2, 0.25) is 0 Å². The molecule has 17 heavy (non-hydrogen) atoms. The molecule has 2 rings (SSSR count). The average molecular weight is 239 g/mol. The molecule has 0 bridgehead atoms. The summed E-state index contributed by atoms with van der Waals surface area (Å²) in [5.41, 5.74) is 5.94. The lowest BCUT2D eigenvalue weighted by Crippen LogP contribution is -2.45. The molecule has 1 aromatic rings. The van der Waals surface area contributed by atoms with E-state index in [1.807, 2.05) is 0 Å². The maximum Gasteiger partial charge on any atom is 0.433 e. The van der Waals surface area contributed by atoms with Crippen LogP contribution in [0.15, 0.2) is 16.5 Å². The summed E-state index contributed by atoms with van der Waals surface area (Å²) >= 11 is 0. The SMILES string of the molecule is CC1CC(N)CN(Cc2ccc([N+](=O)[O-])o2)C1. The van der Waals surface area contributed by atoms with E-state index >= 15 is 0 Å². The minimum atomic E-state index is -0.520. The molecule has 1 aliphatic heterocycles. The molecule has 0 spiro atoms. The molecule has 6 heteroatoms. The molecule has 2 atom stereocenters. The summed E-state index contributed by atoms with van der Waals surface area (Å²) in [7, 11) is 0. The maximum atomic E-state index is 10.5. The minimum absolute atomic E-state index is 0.184. The van der Waals surface area contributed by atoms with Crippen LogP contribution in [0.4, 0.5) is 5.88 Å². The summed E-state index contributed by atoms with van der Waals surface area (Å²) in [5, 5.41) is 10.5. The van der Waals surface area contributed by atoms with E-state index in [1.54, 1.807) is 6.07 Å². The zero-order valence-electron chi connectivity index (χ0n) is 9.83. The topological polar surface area (TPSA) is 85.5 Å². The Morgan fingerprint density at radius 1 is 1.59 bits per heavy atom. The first-order valence-electron chi connectivity index (χ1n) is 5.75. The zero-order valence-corrected chi connectivity index (χ0v) is 9.83. The molecule has 1 aliphatic rings. The highest BCUT2D eigenvalue weighted by Crippen LogP contribution is 2.20. The first-order chi connectivity index (χ1) is 8.04. The molecular formula is C11H17N3O3. The van der Waals surface area contributed by atoms with Crippen molar-refractivity contribution in [1.82, 2.24) is 4.90 Å². The van der Waals surface area contributed by atoms with Gasteiger partial charge in [-0.2, -0.15) is 0 Å². The fourth-order valence-corrected chi connectivity index (χ4v) is 2.41. The molecule has 1 aromatic heterocycles. The number of hydrogen-bond acceptors (Lipinski definition) is 5. The largest absolute Gasteiger partial charge is 0.433 e. The van der Waals surface area contributed by atoms with Crippen LogP contribution in [0.25, 0.3) is 0 Å². The molecule has 94 valence electrons. The summed E-state index contributed by atoms with van der Waals surface area (Å²) in [4.78, 5) is 12.2. The minimum Gasteiger partial charge on any atom is -0.404 e. The molecule has 2 unspecified atom stereocenters. The van der Waals surface area contributed by atoms with Gasteiger partial charge in [0.25, 0.3) is 0 Å². The van der Waals surface area contributed by atoms with Gasteiger partial charge in [0.15, 0.2) is 0 Å². The molecular weight excluding hydrogens is 222 g/mol. The van der Waals surface area contributed by atoms with E-state index in [0.717, 1.165) is 19.5 Å². The molecule has 2 N–H and O–H groups in total. The molecule has 0 radical (unpaired) electrons. The zero-order chi connectivity index (χ0) is 12.4. The molecule has 2 heterocycles. The van der Waals surface area contributed by atoms with E-state index in [2.05, 4.69) is 11.8 Å². The first-order valence-corrected chi connectivity index (χ1v) is 5.75. The predicted octanol–water partition coefficient (Wildman–Crippen LogP) is 1.36. The second kappa shape index (κ2) is 4.85. The van der Waals surface area contributed by atoms with Crippen LogP contribution in [0.3, 0.4) is 0 Å². The van der Waals surface area contributed by atoms with Gasteiger partial charge < -0.3 is 10.2 Å². The second-order valence-electron chi connectivity index (χ2n) is 4.79. The summed E-state index contributed by atoms with van der Waals surface area (Å²) < 4.78 is 5.14. The smallest absolute Gasteiger partial charge is 0.404 e. The van der Waals surface area contributed by atoms with Gasteiger partial charge >= 0.3 is 5.88 Å². The summed E-state index contributed by atoms with van der Waals surface area (Å²) in [5.74, 6) is 0.982. The highest BCUT2D eigenvalue weighted by molar-refractivity contribution is 5.17. The number of rotatable bonds is 3. The van der Waals surface area contributed by atoms with Gasteiger partial charge in [0.05, 0.1) is 12.6 Å². The van der Waals surface area contributed by atoms with Crippen LogP contribution in [0, 0.1) is 16.0 Å². The molecule has 0 aromatic carbocycles.